The highest BCUT2D eigenvalue weighted by molar-refractivity contribution is 6.30. The van der Waals surface area contributed by atoms with E-state index < -0.39 is 6.04 Å². The molecule has 0 unspecified atom stereocenters. The van der Waals surface area contributed by atoms with Gasteiger partial charge in [-0.3, -0.25) is 9.78 Å². The second-order valence-electron chi connectivity index (χ2n) is 4.39. The predicted octanol–water partition coefficient (Wildman–Crippen LogP) is 2.69. The van der Waals surface area contributed by atoms with E-state index in [0.717, 1.165) is 11.3 Å². The molecule has 6 heteroatoms. The minimum absolute atomic E-state index is 0.231. The monoisotopic (exact) mass is 302 g/mol. The number of hydrogen-bond donors (Lipinski definition) is 2. The first kappa shape index (κ1) is 15.0. The van der Waals surface area contributed by atoms with Gasteiger partial charge in [-0.05, 0) is 37.3 Å². The van der Waals surface area contributed by atoms with E-state index >= 15 is 0 Å². The van der Waals surface area contributed by atoms with Gasteiger partial charge in [0, 0.05) is 28.7 Å². The molecule has 2 rings (SSSR count). The molecule has 1 heterocycles. The Labute approximate surface area is 128 Å². The molecule has 21 heavy (non-hydrogen) atoms. The molecule has 1 amide bonds. The van der Waals surface area contributed by atoms with Crippen LogP contribution in [0.25, 0.3) is 0 Å². The van der Waals surface area contributed by atoms with E-state index in [4.69, 9.17) is 11.6 Å². The van der Waals surface area contributed by atoms with Gasteiger partial charge >= 0.3 is 0 Å². The van der Waals surface area contributed by atoms with Crippen LogP contribution in [-0.2, 0) is 4.79 Å². The molecule has 2 aromatic rings. The topological polar surface area (TPSA) is 66.4 Å². The Morgan fingerprint density at radius 2 is 2.10 bits per heavy atom. The maximum atomic E-state index is 11.9. The Kier molecular flexibility index (Phi) is 5.29. The number of hydrazone groups is 1. The quantitative estimate of drug-likeness (QED) is 0.659. The highest BCUT2D eigenvalue weighted by Crippen LogP contribution is 2.14. The van der Waals surface area contributed by atoms with Crippen LogP contribution in [0.3, 0.4) is 0 Å². The molecule has 0 aliphatic heterocycles. The molecule has 1 atom stereocenters. The number of rotatable bonds is 5. The van der Waals surface area contributed by atoms with Gasteiger partial charge in [-0.1, -0.05) is 17.7 Å². The van der Waals surface area contributed by atoms with Gasteiger partial charge in [0.2, 0.25) is 0 Å². The molecule has 0 spiro atoms. The van der Waals surface area contributed by atoms with Crippen molar-refractivity contribution in [1.82, 2.24) is 10.4 Å². The van der Waals surface area contributed by atoms with Crippen LogP contribution in [0, 0.1) is 0 Å². The lowest BCUT2D eigenvalue weighted by Gasteiger charge is -2.13. The van der Waals surface area contributed by atoms with Crippen molar-refractivity contribution in [2.45, 2.75) is 13.0 Å². The van der Waals surface area contributed by atoms with Crippen LogP contribution < -0.4 is 10.7 Å². The summed E-state index contributed by atoms with van der Waals surface area (Å²) >= 11 is 5.81. The van der Waals surface area contributed by atoms with Crippen LogP contribution in [0.4, 0.5) is 5.69 Å². The number of nitrogens with one attached hydrogen (secondary N) is 2. The molecule has 1 aromatic carbocycles. The number of anilines is 1. The first-order valence-corrected chi connectivity index (χ1v) is 6.78. The molecule has 1 aromatic heterocycles. The smallest absolute Gasteiger partial charge is 0.262 e. The number of carbonyl (C=O) groups excluding carboxylic acids is 1. The van der Waals surface area contributed by atoms with Crippen molar-refractivity contribution in [3.63, 3.8) is 0 Å². The number of pyridine rings is 1. The lowest BCUT2D eigenvalue weighted by atomic mass is 10.2. The zero-order valence-corrected chi connectivity index (χ0v) is 12.2. The lowest BCUT2D eigenvalue weighted by molar-refractivity contribution is -0.121. The zero-order chi connectivity index (χ0) is 15.1. The lowest BCUT2D eigenvalue weighted by Crippen LogP contribution is -2.34. The van der Waals surface area contributed by atoms with Crippen molar-refractivity contribution in [2.24, 2.45) is 5.10 Å². The van der Waals surface area contributed by atoms with Crippen molar-refractivity contribution in [3.8, 4) is 0 Å². The Hall–Kier alpha value is -2.40. The zero-order valence-electron chi connectivity index (χ0n) is 11.5. The summed E-state index contributed by atoms with van der Waals surface area (Å²) in [5.74, 6) is -0.231. The number of aromatic nitrogens is 1. The number of nitrogens with zero attached hydrogens (tertiary/aromatic N) is 2. The number of carbonyl (C=O) groups is 1. The average molecular weight is 303 g/mol. The van der Waals surface area contributed by atoms with Gasteiger partial charge in [-0.2, -0.15) is 5.10 Å². The maximum absolute atomic E-state index is 11.9. The third-order valence-corrected chi connectivity index (χ3v) is 2.95. The molecule has 0 saturated carbocycles. The number of halogens is 1. The molecule has 0 radical (unpaired) electrons. The summed E-state index contributed by atoms with van der Waals surface area (Å²) in [5, 5.41) is 7.60. The molecule has 0 saturated heterocycles. The normalized spacial score (nSPS) is 12.1. The molecular weight excluding hydrogens is 288 g/mol. The van der Waals surface area contributed by atoms with E-state index in [1.165, 1.54) is 0 Å². The molecule has 0 bridgehead atoms. The highest BCUT2D eigenvalue weighted by Gasteiger charge is 2.11. The van der Waals surface area contributed by atoms with Crippen molar-refractivity contribution < 1.29 is 4.79 Å². The molecule has 0 fully saturated rings. The van der Waals surface area contributed by atoms with Crippen molar-refractivity contribution in [3.05, 3.63) is 59.4 Å². The van der Waals surface area contributed by atoms with Gasteiger partial charge in [0.05, 0.1) is 6.21 Å². The number of hydrogen-bond acceptors (Lipinski definition) is 4. The third-order valence-electron chi connectivity index (χ3n) is 2.69. The Balaban J connectivity index is 1.85. The Morgan fingerprint density at radius 1 is 1.33 bits per heavy atom. The number of amides is 1. The summed E-state index contributed by atoms with van der Waals surface area (Å²) < 4.78 is 0. The molecular formula is C15H15ClN4O. The molecule has 0 aliphatic rings. The fraction of sp³-hybridized carbons (Fsp3) is 0.133. The third kappa shape index (κ3) is 4.89. The summed E-state index contributed by atoms with van der Waals surface area (Å²) in [5.41, 5.74) is 4.11. The standard InChI is InChI=1S/C15H15ClN4O/c1-11(19-14-6-4-13(16)5-7-14)15(21)20-18-10-12-3-2-8-17-9-12/h2-11,19H,1H3,(H,20,21)/b18-10-/t11-/m1/s1. The maximum Gasteiger partial charge on any atom is 0.262 e. The van der Waals surface area contributed by atoms with Gasteiger partial charge in [-0.15, -0.1) is 0 Å². The summed E-state index contributed by atoms with van der Waals surface area (Å²) in [6.07, 6.45) is 4.87. The van der Waals surface area contributed by atoms with Crippen LogP contribution >= 0.6 is 11.6 Å². The largest absolute Gasteiger partial charge is 0.374 e. The molecule has 0 aliphatic carbocycles. The van der Waals surface area contributed by atoms with Crippen LogP contribution in [-0.4, -0.2) is 23.1 Å². The van der Waals surface area contributed by atoms with E-state index in [9.17, 15) is 4.79 Å². The molecule has 2 N–H and O–H groups in total. The van der Waals surface area contributed by atoms with E-state index in [1.807, 2.05) is 18.2 Å². The van der Waals surface area contributed by atoms with Crippen LogP contribution in [0.2, 0.25) is 5.02 Å². The fourth-order valence-electron chi connectivity index (χ4n) is 1.58. The van der Waals surface area contributed by atoms with Gasteiger partial charge in [0.25, 0.3) is 5.91 Å². The molecule has 108 valence electrons. The Morgan fingerprint density at radius 3 is 2.76 bits per heavy atom. The predicted molar refractivity (Wildman–Crippen MR) is 84.5 cm³/mol. The number of benzene rings is 1. The second-order valence-corrected chi connectivity index (χ2v) is 4.83. The summed E-state index contributed by atoms with van der Waals surface area (Å²) in [6, 6.07) is 10.4. The minimum Gasteiger partial charge on any atom is -0.374 e. The Bertz CT molecular complexity index is 613. The van der Waals surface area contributed by atoms with Crippen LogP contribution in [0.1, 0.15) is 12.5 Å². The van der Waals surface area contributed by atoms with Crippen LogP contribution in [0.5, 0.6) is 0 Å². The van der Waals surface area contributed by atoms with Gasteiger partial charge in [-0.25, -0.2) is 5.43 Å². The first-order valence-electron chi connectivity index (χ1n) is 6.40. The van der Waals surface area contributed by atoms with Crippen molar-refractivity contribution >= 4 is 29.4 Å². The minimum atomic E-state index is -0.419. The fourth-order valence-corrected chi connectivity index (χ4v) is 1.71. The summed E-state index contributed by atoms with van der Waals surface area (Å²) in [4.78, 5) is 15.8. The average Bonchev–Trinajstić information content (AvgIpc) is 2.50. The van der Waals surface area contributed by atoms with E-state index in [0.29, 0.717) is 5.02 Å². The summed E-state index contributed by atoms with van der Waals surface area (Å²) in [7, 11) is 0. The van der Waals surface area contributed by atoms with Gasteiger partial charge < -0.3 is 5.32 Å². The van der Waals surface area contributed by atoms with Gasteiger partial charge in [0.15, 0.2) is 0 Å². The highest BCUT2D eigenvalue weighted by atomic mass is 35.5. The van der Waals surface area contributed by atoms with Crippen LogP contribution in [0.15, 0.2) is 53.9 Å². The summed E-state index contributed by atoms with van der Waals surface area (Å²) in [6.45, 7) is 1.75. The van der Waals surface area contributed by atoms with Crippen molar-refractivity contribution in [2.75, 3.05) is 5.32 Å². The van der Waals surface area contributed by atoms with E-state index in [2.05, 4.69) is 20.8 Å². The van der Waals surface area contributed by atoms with E-state index in [-0.39, 0.29) is 5.91 Å². The first-order chi connectivity index (χ1) is 10.1. The van der Waals surface area contributed by atoms with E-state index in [1.54, 1.807) is 43.7 Å². The second kappa shape index (κ2) is 7.40. The SMILES string of the molecule is C[C@@H](Nc1ccc(Cl)cc1)C(=O)N/N=C\c1cccnc1. The molecule has 5 nitrogen and oxygen atoms in total. The van der Waals surface area contributed by atoms with Crippen molar-refractivity contribution in [1.29, 1.82) is 0 Å². The van der Waals surface area contributed by atoms with Gasteiger partial charge in [0.1, 0.15) is 6.04 Å².